The number of hydrogen-bond acceptors (Lipinski definition) is 4. The van der Waals surface area contributed by atoms with Crippen LogP contribution < -0.4 is 5.32 Å². The highest BCUT2D eigenvalue weighted by atomic mass is 32.1. The highest BCUT2D eigenvalue weighted by Gasteiger charge is 2.25. The van der Waals surface area contributed by atoms with Gasteiger partial charge in [0.15, 0.2) is 0 Å². The molecule has 6 heteroatoms. The van der Waals surface area contributed by atoms with E-state index in [-0.39, 0.29) is 5.56 Å². The zero-order valence-electron chi connectivity index (χ0n) is 12.2. The first-order chi connectivity index (χ1) is 10.2. The van der Waals surface area contributed by atoms with Gasteiger partial charge in [-0.05, 0) is 43.1 Å². The third-order valence-electron chi connectivity index (χ3n) is 3.22. The fourth-order valence-electron chi connectivity index (χ4n) is 2.25. The Balaban J connectivity index is 2.45. The van der Waals surface area contributed by atoms with Crippen molar-refractivity contribution in [3.8, 4) is 0 Å². The minimum absolute atomic E-state index is 0.0503. The Hall–Kier alpha value is -1.40. The monoisotopic (exact) mass is 311 g/mol. The lowest BCUT2D eigenvalue weighted by Gasteiger charge is -2.19. The molecule has 0 fully saturated rings. The first kappa shape index (κ1) is 16.0. The van der Waals surface area contributed by atoms with Gasteiger partial charge in [-0.25, -0.2) is 8.78 Å². The maximum absolute atomic E-state index is 14.1. The third kappa shape index (κ3) is 3.63. The molecule has 0 aliphatic rings. The highest BCUT2D eigenvalue weighted by Crippen LogP contribution is 2.31. The lowest BCUT2D eigenvalue weighted by atomic mass is 10.0. The average molecular weight is 311 g/mol. The van der Waals surface area contributed by atoms with Gasteiger partial charge >= 0.3 is 0 Å². The number of nitrogens with one attached hydrogen (secondary N) is 1. The first-order valence-corrected chi connectivity index (χ1v) is 7.94. The fraction of sp³-hybridized carbons (Fsp3) is 0.467. The van der Waals surface area contributed by atoms with E-state index in [1.165, 1.54) is 29.7 Å². The number of hydrogen-bond donors (Lipinski definition) is 1. The molecular formula is C15H19F2N3S. The van der Waals surface area contributed by atoms with E-state index in [0.29, 0.717) is 6.54 Å². The molecule has 114 valence electrons. The van der Waals surface area contributed by atoms with Crippen molar-refractivity contribution in [3.05, 3.63) is 46.0 Å². The van der Waals surface area contributed by atoms with Crippen LogP contribution in [-0.2, 0) is 6.42 Å². The molecule has 1 atom stereocenters. The number of aryl methyl sites for hydroxylation is 1. The Morgan fingerprint density at radius 2 is 1.90 bits per heavy atom. The van der Waals surface area contributed by atoms with Gasteiger partial charge in [-0.1, -0.05) is 30.8 Å². The third-order valence-corrected chi connectivity index (χ3v) is 4.05. The second-order valence-corrected chi connectivity index (χ2v) is 5.64. The molecule has 1 N–H and O–H groups in total. The molecule has 0 aliphatic heterocycles. The van der Waals surface area contributed by atoms with Crippen LogP contribution in [0, 0.1) is 11.6 Å². The Labute approximate surface area is 127 Å². The predicted molar refractivity (Wildman–Crippen MR) is 80.4 cm³/mol. The van der Waals surface area contributed by atoms with Gasteiger partial charge in [-0.3, -0.25) is 0 Å². The molecule has 0 saturated carbocycles. The Kier molecular flexibility index (Phi) is 5.76. The molecule has 3 nitrogen and oxygen atoms in total. The van der Waals surface area contributed by atoms with Gasteiger partial charge in [-0.2, -0.15) is 0 Å². The Morgan fingerprint density at radius 1 is 1.19 bits per heavy atom. The van der Waals surface area contributed by atoms with Crippen molar-refractivity contribution in [2.24, 2.45) is 0 Å². The minimum Gasteiger partial charge on any atom is -0.305 e. The van der Waals surface area contributed by atoms with E-state index < -0.39 is 17.7 Å². The number of aromatic nitrogens is 2. The summed E-state index contributed by atoms with van der Waals surface area (Å²) in [5, 5.41) is 7.32. The van der Waals surface area contributed by atoms with Crippen molar-refractivity contribution in [2.45, 2.75) is 39.2 Å². The normalized spacial score (nSPS) is 12.6. The van der Waals surface area contributed by atoms with Crippen LogP contribution in [0.5, 0.6) is 0 Å². The molecule has 1 unspecified atom stereocenters. The summed E-state index contributed by atoms with van der Waals surface area (Å²) in [6.07, 6.45) is 2.55. The van der Waals surface area contributed by atoms with Crippen LogP contribution in [0.15, 0.2) is 18.2 Å². The van der Waals surface area contributed by atoms with Gasteiger partial charge in [0.2, 0.25) is 0 Å². The van der Waals surface area contributed by atoms with E-state index >= 15 is 0 Å². The summed E-state index contributed by atoms with van der Waals surface area (Å²) >= 11 is 1.20. The zero-order valence-corrected chi connectivity index (χ0v) is 13.0. The van der Waals surface area contributed by atoms with Crippen molar-refractivity contribution in [1.82, 2.24) is 14.9 Å². The van der Waals surface area contributed by atoms with Crippen molar-refractivity contribution in [2.75, 3.05) is 6.54 Å². The second kappa shape index (κ2) is 7.56. The van der Waals surface area contributed by atoms with Gasteiger partial charge in [0.25, 0.3) is 0 Å². The van der Waals surface area contributed by atoms with Crippen LogP contribution in [0.25, 0.3) is 0 Å². The number of benzene rings is 1. The first-order valence-electron chi connectivity index (χ1n) is 7.17. The Bertz CT molecular complexity index is 566. The number of nitrogens with zero attached hydrogens (tertiary/aromatic N) is 2. The molecule has 1 heterocycles. The SMILES string of the molecule is CCCNC(c1snnc1CCC)c1c(F)cccc1F. The highest BCUT2D eigenvalue weighted by molar-refractivity contribution is 7.05. The van der Waals surface area contributed by atoms with Crippen LogP contribution >= 0.6 is 11.5 Å². The molecular weight excluding hydrogens is 292 g/mol. The molecule has 0 saturated heterocycles. The van der Waals surface area contributed by atoms with Gasteiger partial charge < -0.3 is 5.32 Å². The molecule has 2 rings (SSSR count). The van der Waals surface area contributed by atoms with Crippen molar-refractivity contribution >= 4 is 11.5 Å². The minimum atomic E-state index is -0.542. The van der Waals surface area contributed by atoms with E-state index in [1.807, 2.05) is 13.8 Å². The van der Waals surface area contributed by atoms with Crippen LogP contribution in [0.2, 0.25) is 0 Å². The standard InChI is InChI=1S/C15H19F2N3S/c1-3-6-12-15(21-20-19-12)14(18-9-4-2)13-10(16)7-5-8-11(13)17/h5,7-8,14,18H,3-4,6,9H2,1-2H3. The van der Waals surface area contributed by atoms with E-state index in [9.17, 15) is 8.78 Å². The summed E-state index contributed by atoms with van der Waals surface area (Å²) in [7, 11) is 0. The zero-order chi connectivity index (χ0) is 15.2. The second-order valence-electron chi connectivity index (χ2n) is 4.86. The maximum Gasteiger partial charge on any atom is 0.131 e. The largest absolute Gasteiger partial charge is 0.305 e. The number of rotatable bonds is 7. The van der Waals surface area contributed by atoms with Crippen LogP contribution in [0.3, 0.4) is 0 Å². The summed E-state index contributed by atoms with van der Waals surface area (Å²) in [5.74, 6) is -1.08. The van der Waals surface area contributed by atoms with E-state index in [4.69, 9.17) is 0 Å². The molecule has 0 amide bonds. The molecule has 0 aliphatic carbocycles. The summed E-state index contributed by atoms with van der Waals surface area (Å²) in [6, 6.07) is 3.41. The number of halogens is 2. The fourth-order valence-corrected chi connectivity index (χ4v) is 3.03. The maximum atomic E-state index is 14.1. The topological polar surface area (TPSA) is 37.8 Å². The van der Waals surface area contributed by atoms with E-state index in [1.54, 1.807) is 0 Å². The van der Waals surface area contributed by atoms with Gasteiger partial charge in [-0.15, -0.1) is 5.10 Å². The van der Waals surface area contributed by atoms with E-state index in [0.717, 1.165) is 29.8 Å². The van der Waals surface area contributed by atoms with Crippen molar-refractivity contribution < 1.29 is 8.78 Å². The van der Waals surface area contributed by atoms with Gasteiger partial charge in [0.05, 0.1) is 16.6 Å². The van der Waals surface area contributed by atoms with E-state index in [2.05, 4.69) is 14.9 Å². The lowest BCUT2D eigenvalue weighted by Crippen LogP contribution is -2.25. The molecule has 2 aromatic rings. The summed E-state index contributed by atoms with van der Waals surface area (Å²) < 4.78 is 32.2. The lowest BCUT2D eigenvalue weighted by molar-refractivity contribution is 0.504. The molecule has 21 heavy (non-hydrogen) atoms. The van der Waals surface area contributed by atoms with Gasteiger partial charge in [0.1, 0.15) is 11.6 Å². The molecule has 1 aromatic heterocycles. The summed E-state index contributed by atoms with van der Waals surface area (Å²) in [4.78, 5) is 0.800. The van der Waals surface area contributed by atoms with Crippen molar-refractivity contribution in [1.29, 1.82) is 0 Å². The molecule has 0 radical (unpaired) electrons. The van der Waals surface area contributed by atoms with Crippen molar-refractivity contribution in [3.63, 3.8) is 0 Å². The van der Waals surface area contributed by atoms with Gasteiger partial charge in [0, 0.05) is 5.56 Å². The molecule has 0 bridgehead atoms. The summed E-state index contributed by atoms with van der Waals surface area (Å²) in [5.41, 5.74) is 0.869. The quantitative estimate of drug-likeness (QED) is 0.844. The van der Waals surface area contributed by atoms with Crippen LogP contribution in [0.4, 0.5) is 8.78 Å². The molecule has 0 spiro atoms. The smallest absolute Gasteiger partial charge is 0.131 e. The van der Waals surface area contributed by atoms with Crippen LogP contribution in [-0.4, -0.2) is 16.1 Å². The Morgan fingerprint density at radius 3 is 2.52 bits per heavy atom. The summed E-state index contributed by atoms with van der Waals surface area (Å²) in [6.45, 7) is 4.73. The molecule has 1 aromatic carbocycles. The van der Waals surface area contributed by atoms with Crippen LogP contribution in [0.1, 0.15) is 48.9 Å². The predicted octanol–water partition coefficient (Wildman–Crippen LogP) is 3.86. The average Bonchev–Trinajstić information content (AvgIpc) is 2.90.